The van der Waals surface area contributed by atoms with Crippen LogP contribution in [0, 0.1) is 0 Å². The normalized spacial score (nSPS) is 16.8. The summed E-state index contributed by atoms with van der Waals surface area (Å²) in [4.78, 5) is 14.8. The summed E-state index contributed by atoms with van der Waals surface area (Å²) in [5.41, 5.74) is 2.25. The minimum atomic E-state index is -0.257. The number of carbonyl (C=O) groups excluding carboxylic acids is 1. The van der Waals surface area contributed by atoms with Crippen molar-refractivity contribution in [3.05, 3.63) is 53.1 Å². The lowest BCUT2D eigenvalue weighted by Gasteiger charge is -2.18. The molecule has 1 saturated heterocycles. The molecule has 0 radical (unpaired) electrons. The van der Waals surface area contributed by atoms with Crippen molar-refractivity contribution >= 4 is 28.9 Å². The van der Waals surface area contributed by atoms with Crippen molar-refractivity contribution in [1.29, 1.82) is 0 Å². The second-order valence-electron chi connectivity index (χ2n) is 5.94. The van der Waals surface area contributed by atoms with Crippen molar-refractivity contribution in [3.63, 3.8) is 0 Å². The van der Waals surface area contributed by atoms with Gasteiger partial charge in [0.2, 0.25) is 0 Å². The molecule has 0 bridgehead atoms. The Bertz CT molecular complexity index is 749. The summed E-state index contributed by atoms with van der Waals surface area (Å²) < 4.78 is 10.6. The van der Waals surface area contributed by atoms with E-state index in [1.807, 2.05) is 24.3 Å². The Hall–Kier alpha value is -2.24. The highest BCUT2D eigenvalue weighted by Gasteiger charge is 2.22. The highest BCUT2D eigenvalue weighted by Crippen LogP contribution is 2.26. The van der Waals surface area contributed by atoms with E-state index in [9.17, 15) is 4.79 Å². The molecular formula is C19H21ClN2O3. The lowest BCUT2D eigenvalue weighted by atomic mass is 10.1. The van der Waals surface area contributed by atoms with Crippen LogP contribution < -0.4 is 15.0 Å². The van der Waals surface area contributed by atoms with E-state index >= 15 is 0 Å². The van der Waals surface area contributed by atoms with Crippen LogP contribution >= 0.6 is 11.6 Å². The predicted octanol–water partition coefficient (Wildman–Crippen LogP) is 3.83. The standard InChI is InChI=1S/C19H21ClN2O3/c1-24-16-9-10-22(12-16)15-6-4-14(5-7-15)21-19(23)17-11-13(20)3-8-18(17)25-2/h3-8,11,16H,9-10,12H2,1-2H3,(H,21,23). The lowest BCUT2D eigenvalue weighted by Crippen LogP contribution is -2.22. The maximum atomic E-state index is 12.5. The van der Waals surface area contributed by atoms with Gasteiger partial charge in [-0.2, -0.15) is 0 Å². The average molecular weight is 361 g/mol. The van der Waals surface area contributed by atoms with E-state index < -0.39 is 0 Å². The van der Waals surface area contributed by atoms with Crippen LogP contribution in [0.1, 0.15) is 16.8 Å². The van der Waals surface area contributed by atoms with E-state index in [1.165, 1.54) is 7.11 Å². The van der Waals surface area contributed by atoms with Crippen molar-refractivity contribution in [2.45, 2.75) is 12.5 Å². The Morgan fingerprint density at radius 3 is 2.60 bits per heavy atom. The predicted molar refractivity (Wildman–Crippen MR) is 100 cm³/mol. The summed E-state index contributed by atoms with van der Waals surface area (Å²) in [5, 5.41) is 3.37. The minimum absolute atomic E-state index is 0.257. The van der Waals surface area contributed by atoms with Crippen LogP contribution in [0.3, 0.4) is 0 Å². The summed E-state index contributed by atoms with van der Waals surface area (Å²) in [5.74, 6) is 0.230. The van der Waals surface area contributed by atoms with Crippen molar-refractivity contribution in [2.24, 2.45) is 0 Å². The van der Waals surface area contributed by atoms with Crippen molar-refractivity contribution in [1.82, 2.24) is 0 Å². The molecule has 3 rings (SSSR count). The number of hydrogen-bond donors (Lipinski definition) is 1. The van der Waals surface area contributed by atoms with Crippen LogP contribution in [0.25, 0.3) is 0 Å². The fraction of sp³-hybridized carbons (Fsp3) is 0.316. The zero-order valence-electron chi connectivity index (χ0n) is 14.3. The van der Waals surface area contributed by atoms with Crippen molar-refractivity contribution < 1.29 is 14.3 Å². The third-order valence-corrected chi connectivity index (χ3v) is 4.61. The second kappa shape index (κ2) is 7.76. The Balaban J connectivity index is 1.69. The molecule has 6 heteroatoms. The Morgan fingerprint density at radius 2 is 1.96 bits per heavy atom. The van der Waals surface area contributed by atoms with Gasteiger partial charge in [-0.25, -0.2) is 0 Å². The van der Waals surface area contributed by atoms with Gasteiger partial charge in [0, 0.05) is 36.6 Å². The molecule has 0 aliphatic carbocycles. The number of amides is 1. The van der Waals surface area contributed by atoms with E-state index in [1.54, 1.807) is 25.3 Å². The van der Waals surface area contributed by atoms with E-state index in [-0.39, 0.29) is 12.0 Å². The van der Waals surface area contributed by atoms with Gasteiger partial charge in [-0.05, 0) is 48.9 Å². The summed E-state index contributed by atoms with van der Waals surface area (Å²) in [6, 6.07) is 12.8. The third kappa shape index (κ3) is 4.06. The number of benzene rings is 2. The minimum Gasteiger partial charge on any atom is -0.496 e. The van der Waals surface area contributed by atoms with Gasteiger partial charge < -0.3 is 19.7 Å². The monoisotopic (exact) mass is 360 g/mol. The molecule has 0 saturated carbocycles. The van der Waals surface area contributed by atoms with Gasteiger partial charge in [0.15, 0.2) is 0 Å². The highest BCUT2D eigenvalue weighted by molar-refractivity contribution is 6.31. The number of methoxy groups -OCH3 is 2. The van der Waals surface area contributed by atoms with Gasteiger partial charge in [0.05, 0.1) is 18.8 Å². The summed E-state index contributed by atoms with van der Waals surface area (Å²) in [6.45, 7) is 1.87. The van der Waals surface area contributed by atoms with Crippen LogP contribution in [0.4, 0.5) is 11.4 Å². The molecule has 132 valence electrons. The smallest absolute Gasteiger partial charge is 0.259 e. The van der Waals surface area contributed by atoms with Crippen LogP contribution in [-0.4, -0.2) is 39.3 Å². The molecular weight excluding hydrogens is 340 g/mol. The molecule has 2 aromatic rings. The Labute approximate surface area is 152 Å². The molecule has 1 fully saturated rings. The van der Waals surface area contributed by atoms with Crippen molar-refractivity contribution in [2.75, 3.05) is 37.5 Å². The third-order valence-electron chi connectivity index (χ3n) is 4.37. The molecule has 1 aliphatic rings. The van der Waals surface area contributed by atoms with Crippen LogP contribution in [0.5, 0.6) is 5.75 Å². The molecule has 0 aromatic heterocycles. The average Bonchev–Trinajstić information content (AvgIpc) is 3.11. The Kier molecular flexibility index (Phi) is 5.46. The number of nitrogens with zero attached hydrogens (tertiary/aromatic N) is 1. The van der Waals surface area contributed by atoms with Crippen LogP contribution in [0.15, 0.2) is 42.5 Å². The van der Waals surface area contributed by atoms with Gasteiger partial charge in [-0.1, -0.05) is 11.6 Å². The molecule has 0 spiro atoms. The SMILES string of the molecule is COc1ccc(Cl)cc1C(=O)Nc1ccc(N2CCC(OC)C2)cc1. The van der Waals surface area contributed by atoms with Crippen LogP contribution in [0.2, 0.25) is 5.02 Å². The fourth-order valence-electron chi connectivity index (χ4n) is 2.97. The summed E-state index contributed by atoms with van der Waals surface area (Å²) >= 11 is 5.99. The van der Waals surface area contributed by atoms with Gasteiger partial charge in [0.1, 0.15) is 5.75 Å². The molecule has 1 N–H and O–H groups in total. The second-order valence-corrected chi connectivity index (χ2v) is 6.37. The van der Waals surface area contributed by atoms with Gasteiger partial charge in [-0.15, -0.1) is 0 Å². The number of anilines is 2. The van der Waals surface area contributed by atoms with Gasteiger partial charge >= 0.3 is 0 Å². The number of ether oxygens (including phenoxy) is 2. The van der Waals surface area contributed by atoms with E-state index in [4.69, 9.17) is 21.1 Å². The molecule has 1 heterocycles. The first kappa shape index (κ1) is 17.6. The van der Waals surface area contributed by atoms with E-state index in [2.05, 4.69) is 10.2 Å². The number of halogens is 1. The van der Waals surface area contributed by atoms with E-state index in [0.29, 0.717) is 16.3 Å². The molecule has 5 nitrogen and oxygen atoms in total. The summed E-state index contributed by atoms with van der Waals surface area (Å²) in [6.07, 6.45) is 1.32. The fourth-order valence-corrected chi connectivity index (χ4v) is 3.14. The summed E-state index contributed by atoms with van der Waals surface area (Å²) in [7, 11) is 3.27. The highest BCUT2D eigenvalue weighted by atomic mass is 35.5. The zero-order chi connectivity index (χ0) is 17.8. The number of carbonyl (C=O) groups is 1. The molecule has 2 aromatic carbocycles. The Morgan fingerprint density at radius 1 is 1.20 bits per heavy atom. The zero-order valence-corrected chi connectivity index (χ0v) is 15.0. The lowest BCUT2D eigenvalue weighted by molar-refractivity contribution is 0.102. The van der Waals surface area contributed by atoms with Gasteiger partial charge in [-0.3, -0.25) is 4.79 Å². The number of hydrogen-bond acceptors (Lipinski definition) is 4. The first-order chi connectivity index (χ1) is 12.1. The van der Waals surface area contributed by atoms with Crippen molar-refractivity contribution in [3.8, 4) is 5.75 Å². The van der Waals surface area contributed by atoms with Crippen LogP contribution in [-0.2, 0) is 4.74 Å². The molecule has 1 unspecified atom stereocenters. The van der Waals surface area contributed by atoms with Gasteiger partial charge in [0.25, 0.3) is 5.91 Å². The molecule has 1 amide bonds. The maximum absolute atomic E-state index is 12.5. The molecule has 1 aliphatic heterocycles. The topological polar surface area (TPSA) is 50.8 Å². The largest absolute Gasteiger partial charge is 0.496 e. The quantitative estimate of drug-likeness (QED) is 0.880. The number of rotatable bonds is 5. The van der Waals surface area contributed by atoms with E-state index in [0.717, 1.165) is 30.9 Å². The molecule has 25 heavy (non-hydrogen) atoms. The number of nitrogens with one attached hydrogen (secondary N) is 1. The first-order valence-electron chi connectivity index (χ1n) is 8.13. The molecule has 1 atom stereocenters. The maximum Gasteiger partial charge on any atom is 0.259 e. The first-order valence-corrected chi connectivity index (χ1v) is 8.51.